The van der Waals surface area contributed by atoms with Crippen LogP contribution in [0.4, 0.5) is 16.2 Å². The number of nitrogens with one attached hydrogen (secondary N) is 2. The van der Waals surface area contributed by atoms with Crippen LogP contribution in [0.5, 0.6) is 0 Å². The zero-order valence-electron chi connectivity index (χ0n) is 17.5. The molecule has 0 unspecified atom stereocenters. The number of hydrogen-bond donors (Lipinski definition) is 2. The summed E-state index contributed by atoms with van der Waals surface area (Å²) in [5.74, 6) is 0.0124. The summed E-state index contributed by atoms with van der Waals surface area (Å²) >= 11 is 0. The maximum atomic E-state index is 12.9. The molecule has 0 bridgehead atoms. The Morgan fingerprint density at radius 2 is 1.65 bits per heavy atom. The van der Waals surface area contributed by atoms with E-state index in [9.17, 15) is 9.59 Å². The minimum absolute atomic E-state index is 0.0124. The van der Waals surface area contributed by atoms with Gasteiger partial charge in [-0.3, -0.25) is 4.79 Å². The predicted molar refractivity (Wildman–Crippen MR) is 125 cm³/mol. The first-order valence-corrected chi connectivity index (χ1v) is 10.8. The van der Waals surface area contributed by atoms with Crippen LogP contribution in [0.1, 0.15) is 34.3 Å². The number of amides is 3. The summed E-state index contributed by atoms with van der Waals surface area (Å²) in [5, 5.41) is 5.83. The quantitative estimate of drug-likeness (QED) is 0.557. The van der Waals surface area contributed by atoms with Crippen molar-refractivity contribution < 1.29 is 9.59 Å². The Morgan fingerprint density at radius 3 is 2.42 bits per heavy atom. The molecule has 158 valence electrons. The molecule has 5 heteroatoms. The minimum atomic E-state index is -0.207. The Balaban J connectivity index is 1.33. The molecule has 0 aliphatic carbocycles. The van der Waals surface area contributed by atoms with Crippen molar-refractivity contribution in [3.05, 3.63) is 95.6 Å². The van der Waals surface area contributed by atoms with Crippen LogP contribution in [0, 0.1) is 0 Å². The summed E-state index contributed by atoms with van der Waals surface area (Å²) in [6.45, 7) is 1.32. The first-order chi connectivity index (χ1) is 15.2. The molecular weight excluding hydrogens is 386 g/mol. The fraction of sp³-hybridized carbons (Fsp3) is 0.231. The Bertz CT molecular complexity index is 1040. The van der Waals surface area contributed by atoms with Gasteiger partial charge in [-0.15, -0.1) is 0 Å². The standard InChI is InChI=1S/C26H27N3O2/c30-25(21-12-5-2-6-13-21)29-18-8-14-22-19-23(15-16-24(22)29)28-26(31)27-17-7-11-20-9-3-1-4-10-20/h1-6,9-10,12-13,15-16,19H,7-8,11,14,17-18H2,(H2,27,28,31). The molecule has 0 radical (unpaired) electrons. The molecule has 2 N–H and O–H groups in total. The summed E-state index contributed by atoms with van der Waals surface area (Å²) < 4.78 is 0. The van der Waals surface area contributed by atoms with Crippen molar-refractivity contribution in [3.63, 3.8) is 0 Å². The van der Waals surface area contributed by atoms with Crippen molar-refractivity contribution in [1.82, 2.24) is 5.32 Å². The average Bonchev–Trinajstić information content (AvgIpc) is 2.82. The first-order valence-electron chi connectivity index (χ1n) is 10.8. The van der Waals surface area contributed by atoms with Crippen LogP contribution < -0.4 is 15.5 Å². The van der Waals surface area contributed by atoms with E-state index in [1.165, 1.54) is 5.56 Å². The van der Waals surface area contributed by atoms with Crippen molar-refractivity contribution in [2.24, 2.45) is 0 Å². The van der Waals surface area contributed by atoms with Crippen LogP contribution in [0.15, 0.2) is 78.9 Å². The summed E-state index contributed by atoms with van der Waals surface area (Å²) in [7, 11) is 0. The molecule has 5 nitrogen and oxygen atoms in total. The van der Waals surface area contributed by atoms with Gasteiger partial charge in [-0.05, 0) is 67.1 Å². The highest BCUT2D eigenvalue weighted by molar-refractivity contribution is 6.07. The zero-order chi connectivity index (χ0) is 21.5. The van der Waals surface area contributed by atoms with E-state index >= 15 is 0 Å². The second-order valence-corrected chi connectivity index (χ2v) is 7.74. The molecule has 0 saturated heterocycles. The number of hydrogen-bond acceptors (Lipinski definition) is 2. The molecule has 0 spiro atoms. The molecular formula is C26H27N3O2. The van der Waals surface area contributed by atoms with Crippen molar-refractivity contribution in [2.45, 2.75) is 25.7 Å². The van der Waals surface area contributed by atoms with Gasteiger partial charge in [0.15, 0.2) is 0 Å². The number of urea groups is 1. The number of nitrogens with zero attached hydrogens (tertiary/aromatic N) is 1. The molecule has 1 aliphatic rings. The van der Waals surface area contributed by atoms with E-state index in [1.807, 2.05) is 71.6 Å². The number of anilines is 2. The van der Waals surface area contributed by atoms with Crippen LogP contribution in [0.3, 0.4) is 0 Å². The molecule has 3 aromatic carbocycles. The molecule has 4 rings (SSSR count). The van der Waals surface area contributed by atoms with Gasteiger partial charge in [0.1, 0.15) is 0 Å². The lowest BCUT2D eigenvalue weighted by Crippen LogP contribution is -2.35. The fourth-order valence-corrected chi connectivity index (χ4v) is 3.94. The molecule has 0 atom stereocenters. The van der Waals surface area contributed by atoms with E-state index < -0.39 is 0 Å². The van der Waals surface area contributed by atoms with Gasteiger partial charge < -0.3 is 15.5 Å². The van der Waals surface area contributed by atoms with Crippen molar-refractivity contribution in [2.75, 3.05) is 23.3 Å². The van der Waals surface area contributed by atoms with Gasteiger partial charge in [-0.25, -0.2) is 4.79 Å². The summed E-state index contributed by atoms with van der Waals surface area (Å²) in [6, 6.07) is 25.2. The normalized spacial score (nSPS) is 12.7. The van der Waals surface area contributed by atoms with Gasteiger partial charge in [0.05, 0.1) is 0 Å². The second kappa shape index (κ2) is 9.94. The third kappa shape index (κ3) is 5.31. The molecule has 1 aliphatic heterocycles. The van der Waals surface area contributed by atoms with Crippen LogP contribution in [-0.2, 0) is 12.8 Å². The lowest BCUT2D eigenvalue weighted by molar-refractivity contribution is 0.0985. The monoisotopic (exact) mass is 413 g/mol. The third-order valence-electron chi connectivity index (χ3n) is 5.49. The van der Waals surface area contributed by atoms with Crippen molar-refractivity contribution >= 4 is 23.3 Å². The van der Waals surface area contributed by atoms with E-state index in [0.717, 1.165) is 42.6 Å². The summed E-state index contributed by atoms with van der Waals surface area (Å²) in [5.41, 5.74) is 4.71. The molecule has 0 fully saturated rings. The van der Waals surface area contributed by atoms with Gasteiger partial charge in [0.2, 0.25) is 0 Å². The number of carbonyl (C=O) groups excluding carboxylic acids is 2. The van der Waals surface area contributed by atoms with Crippen LogP contribution in [-0.4, -0.2) is 25.0 Å². The predicted octanol–water partition coefficient (Wildman–Crippen LogP) is 5.03. The van der Waals surface area contributed by atoms with Crippen LogP contribution in [0.2, 0.25) is 0 Å². The fourth-order valence-electron chi connectivity index (χ4n) is 3.94. The third-order valence-corrected chi connectivity index (χ3v) is 5.49. The molecule has 0 saturated carbocycles. The number of rotatable bonds is 6. The summed E-state index contributed by atoms with van der Waals surface area (Å²) in [6.07, 6.45) is 3.62. The summed E-state index contributed by atoms with van der Waals surface area (Å²) in [4.78, 5) is 27.0. The molecule has 3 amide bonds. The van der Waals surface area contributed by atoms with Gasteiger partial charge in [0.25, 0.3) is 5.91 Å². The average molecular weight is 414 g/mol. The first kappa shape index (κ1) is 20.7. The van der Waals surface area contributed by atoms with Crippen molar-refractivity contribution in [1.29, 1.82) is 0 Å². The van der Waals surface area contributed by atoms with Gasteiger partial charge in [-0.2, -0.15) is 0 Å². The zero-order valence-corrected chi connectivity index (χ0v) is 17.5. The lowest BCUT2D eigenvalue weighted by Gasteiger charge is -2.30. The Morgan fingerprint density at radius 1 is 0.903 bits per heavy atom. The maximum absolute atomic E-state index is 12.9. The maximum Gasteiger partial charge on any atom is 0.319 e. The number of carbonyl (C=O) groups is 2. The smallest absolute Gasteiger partial charge is 0.319 e. The molecule has 31 heavy (non-hydrogen) atoms. The van der Waals surface area contributed by atoms with Gasteiger partial charge in [0, 0.05) is 30.0 Å². The number of fused-ring (bicyclic) bond motifs is 1. The van der Waals surface area contributed by atoms with Crippen molar-refractivity contribution in [3.8, 4) is 0 Å². The Labute approximate surface area is 183 Å². The molecule has 3 aromatic rings. The van der Waals surface area contributed by atoms with Gasteiger partial charge >= 0.3 is 6.03 Å². The topological polar surface area (TPSA) is 61.4 Å². The number of benzene rings is 3. The van der Waals surface area contributed by atoms with E-state index in [4.69, 9.17) is 0 Å². The van der Waals surface area contributed by atoms with Crippen LogP contribution >= 0.6 is 0 Å². The largest absolute Gasteiger partial charge is 0.338 e. The van der Waals surface area contributed by atoms with E-state index in [1.54, 1.807) is 0 Å². The molecule has 0 aromatic heterocycles. The van der Waals surface area contributed by atoms with E-state index in [0.29, 0.717) is 18.7 Å². The van der Waals surface area contributed by atoms with E-state index in [2.05, 4.69) is 22.8 Å². The highest BCUT2D eigenvalue weighted by atomic mass is 16.2. The van der Waals surface area contributed by atoms with Crippen LogP contribution in [0.25, 0.3) is 0 Å². The molecule has 1 heterocycles. The second-order valence-electron chi connectivity index (χ2n) is 7.74. The Hall–Kier alpha value is -3.60. The highest BCUT2D eigenvalue weighted by Crippen LogP contribution is 2.30. The number of aryl methyl sites for hydroxylation is 2. The Kier molecular flexibility index (Phi) is 6.62. The highest BCUT2D eigenvalue weighted by Gasteiger charge is 2.23. The lowest BCUT2D eigenvalue weighted by atomic mass is 10.00. The SMILES string of the molecule is O=C(NCCCc1ccccc1)Nc1ccc2c(c1)CCCN2C(=O)c1ccccc1. The minimum Gasteiger partial charge on any atom is -0.338 e. The van der Waals surface area contributed by atoms with Gasteiger partial charge in [-0.1, -0.05) is 48.5 Å². The van der Waals surface area contributed by atoms with E-state index in [-0.39, 0.29) is 11.9 Å².